The Hall–Kier alpha value is -1.40. The zero-order chi connectivity index (χ0) is 21.9. The Morgan fingerprint density at radius 1 is 1.20 bits per heavy atom. The number of likely N-dealkylation sites (tertiary alicyclic amines) is 1. The molecule has 2 heterocycles. The predicted molar refractivity (Wildman–Crippen MR) is 101 cm³/mol. The van der Waals surface area contributed by atoms with E-state index in [1.165, 1.54) is 0 Å². The van der Waals surface area contributed by atoms with Gasteiger partial charge in [-0.2, -0.15) is 13.2 Å². The van der Waals surface area contributed by atoms with Gasteiger partial charge in [0.1, 0.15) is 0 Å². The van der Waals surface area contributed by atoms with Crippen molar-refractivity contribution in [2.75, 3.05) is 32.8 Å². The molecule has 0 spiro atoms. The zero-order valence-electron chi connectivity index (χ0n) is 16.0. The first-order valence-electron chi connectivity index (χ1n) is 9.45. The Balaban J connectivity index is 1.50. The molecular weight excluding hydrogens is 449 g/mol. The third-order valence-electron chi connectivity index (χ3n) is 5.11. The Bertz CT molecular complexity index is 867. The van der Waals surface area contributed by atoms with Gasteiger partial charge in [0.25, 0.3) is 0 Å². The summed E-state index contributed by atoms with van der Waals surface area (Å²) >= 11 is 5.51. The van der Waals surface area contributed by atoms with Gasteiger partial charge in [-0.1, -0.05) is 11.6 Å². The van der Waals surface area contributed by atoms with Crippen LogP contribution < -0.4 is 4.72 Å². The molecule has 0 aromatic heterocycles. The number of hydrogen-bond acceptors (Lipinski definition) is 5. The molecule has 1 N–H and O–H groups in total. The third kappa shape index (κ3) is 5.64. The van der Waals surface area contributed by atoms with E-state index in [0.29, 0.717) is 32.4 Å². The lowest BCUT2D eigenvalue weighted by Crippen LogP contribution is -2.42. The minimum atomic E-state index is -4.78. The third-order valence-corrected chi connectivity index (χ3v) is 6.90. The van der Waals surface area contributed by atoms with Crippen molar-refractivity contribution in [1.82, 2.24) is 9.62 Å². The van der Waals surface area contributed by atoms with Crippen LogP contribution in [0.2, 0.25) is 5.02 Å². The minimum Gasteiger partial charge on any atom is -0.350 e. The quantitative estimate of drug-likeness (QED) is 0.691. The van der Waals surface area contributed by atoms with Crippen LogP contribution in [0.1, 0.15) is 24.8 Å². The maximum atomic E-state index is 12.9. The number of sulfonamides is 1. The lowest BCUT2D eigenvalue weighted by molar-refractivity contribution is -0.138. The average Bonchev–Trinajstić information content (AvgIpc) is 3.22. The van der Waals surface area contributed by atoms with E-state index in [1.54, 1.807) is 4.90 Å². The van der Waals surface area contributed by atoms with Gasteiger partial charge in [-0.25, -0.2) is 13.1 Å². The van der Waals surface area contributed by atoms with Crippen molar-refractivity contribution in [2.45, 2.75) is 36.6 Å². The van der Waals surface area contributed by atoms with E-state index < -0.39 is 31.7 Å². The summed E-state index contributed by atoms with van der Waals surface area (Å²) in [5.74, 6) is -0.000665. The number of nitrogens with zero attached hydrogens (tertiary/aromatic N) is 1. The van der Waals surface area contributed by atoms with Gasteiger partial charge in [0.05, 0.1) is 28.7 Å². The second kappa shape index (κ2) is 9.39. The van der Waals surface area contributed by atoms with E-state index in [1.807, 2.05) is 0 Å². The molecule has 30 heavy (non-hydrogen) atoms. The molecule has 0 radical (unpaired) electrons. The Morgan fingerprint density at radius 2 is 1.83 bits per heavy atom. The van der Waals surface area contributed by atoms with Crippen LogP contribution in [0.3, 0.4) is 0 Å². The lowest BCUT2D eigenvalue weighted by atomic mass is 9.96. The van der Waals surface area contributed by atoms with E-state index in [0.717, 1.165) is 25.0 Å². The molecule has 0 unspecified atom stereocenters. The fraction of sp³-hybridized carbons (Fsp3) is 0.611. The van der Waals surface area contributed by atoms with Crippen molar-refractivity contribution in [3.05, 3.63) is 28.8 Å². The van der Waals surface area contributed by atoms with Crippen molar-refractivity contribution < 1.29 is 35.9 Å². The van der Waals surface area contributed by atoms with Gasteiger partial charge in [0.2, 0.25) is 15.9 Å². The molecule has 2 aliphatic rings. The number of alkyl halides is 3. The van der Waals surface area contributed by atoms with Gasteiger partial charge in [-0.15, -0.1) is 0 Å². The molecule has 1 aromatic carbocycles. The van der Waals surface area contributed by atoms with Crippen LogP contribution in [0.4, 0.5) is 13.2 Å². The number of nitrogens with one attached hydrogen (secondary N) is 1. The molecule has 0 bridgehead atoms. The van der Waals surface area contributed by atoms with Gasteiger partial charge in [0.15, 0.2) is 6.29 Å². The van der Waals surface area contributed by atoms with E-state index >= 15 is 0 Å². The summed E-state index contributed by atoms with van der Waals surface area (Å²) in [4.78, 5) is 13.4. The van der Waals surface area contributed by atoms with Crippen LogP contribution in [-0.2, 0) is 30.5 Å². The number of carbonyl (C=O) groups excluding carboxylic acids is 1. The van der Waals surface area contributed by atoms with Gasteiger partial charge in [0, 0.05) is 32.0 Å². The van der Waals surface area contributed by atoms with Gasteiger partial charge < -0.3 is 14.4 Å². The van der Waals surface area contributed by atoms with Crippen LogP contribution >= 0.6 is 11.6 Å². The van der Waals surface area contributed by atoms with Crippen LogP contribution in [0.25, 0.3) is 0 Å². The van der Waals surface area contributed by atoms with Crippen molar-refractivity contribution in [3.8, 4) is 0 Å². The maximum Gasteiger partial charge on any atom is 0.417 e. The van der Waals surface area contributed by atoms with Gasteiger partial charge in [-0.05, 0) is 31.0 Å². The number of rotatable bonds is 6. The fourth-order valence-electron chi connectivity index (χ4n) is 3.49. The number of carbonyl (C=O) groups is 1. The first-order valence-corrected chi connectivity index (χ1v) is 11.3. The molecule has 1 aromatic rings. The summed E-state index contributed by atoms with van der Waals surface area (Å²) < 4.78 is 76.6. The minimum absolute atomic E-state index is 0.0972. The second-order valence-electron chi connectivity index (χ2n) is 7.12. The van der Waals surface area contributed by atoms with E-state index in [9.17, 15) is 26.4 Å². The molecule has 2 saturated heterocycles. The lowest BCUT2D eigenvalue weighted by Gasteiger charge is -2.33. The van der Waals surface area contributed by atoms with Crippen molar-refractivity contribution in [2.24, 2.45) is 5.92 Å². The highest BCUT2D eigenvalue weighted by molar-refractivity contribution is 7.89. The topological polar surface area (TPSA) is 84.9 Å². The van der Waals surface area contributed by atoms with Crippen molar-refractivity contribution in [3.63, 3.8) is 0 Å². The zero-order valence-corrected chi connectivity index (χ0v) is 17.5. The SMILES string of the molecule is O=C(CCNS(=O)(=O)c1ccc(Cl)c(C(F)(F)F)c1)N1CCC(C2OCCO2)CC1. The molecule has 0 atom stereocenters. The molecule has 3 rings (SSSR count). The van der Waals surface area contributed by atoms with Crippen LogP contribution in [0.5, 0.6) is 0 Å². The summed E-state index contributed by atoms with van der Waals surface area (Å²) in [5, 5.41) is -0.589. The van der Waals surface area contributed by atoms with Crippen LogP contribution in [0.15, 0.2) is 23.1 Å². The van der Waals surface area contributed by atoms with Crippen LogP contribution in [0, 0.1) is 5.92 Å². The maximum absolute atomic E-state index is 12.9. The highest BCUT2D eigenvalue weighted by atomic mass is 35.5. The van der Waals surface area contributed by atoms with Crippen molar-refractivity contribution >= 4 is 27.5 Å². The number of halogens is 4. The number of ether oxygens (including phenoxy) is 2. The summed E-state index contributed by atoms with van der Waals surface area (Å²) in [6.45, 7) is 1.96. The molecule has 7 nitrogen and oxygen atoms in total. The highest BCUT2D eigenvalue weighted by Gasteiger charge is 2.35. The summed E-state index contributed by atoms with van der Waals surface area (Å²) in [7, 11) is -4.22. The number of benzene rings is 1. The Morgan fingerprint density at radius 3 is 2.43 bits per heavy atom. The standard InChI is InChI=1S/C18H22ClF3N2O5S/c19-15-2-1-13(11-14(15)18(20,21)22)30(26,27)23-6-3-16(25)24-7-4-12(5-8-24)17-28-9-10-29-17/h1-2,11-12,17,23H,3-10H2. The molecular formula is C18H22ClF3N2O5S. The van der Waals surface area contributed by atoms with E-state index in [-0.39, 0.29) is 31.1 Å². The van der Waals surface area contributed by atoms with Gasteiger partial charge >= 0.3 is 6.18 Å². The molecule has 0 saturated carbocycles. The molecule has 1 amide bonds. The van der Waals surface area contributed by atoms with Crippen molar-refractivity contribution in [1.29, 1.82) is 0 Å². The molecule has 12 heteroatoms. The number of piperidine rings is 1. The summed E-state index contributed by atoms with van der Waals surface area (Å²) in [5.41, 5.74) is -1.23. The second-order valence-corrected chi connectivity index (χ2v) is 9.29. The molecule has 0 aliphatic carbocycles. The number of hydrogen-bond donors (Lipinski definition) is 1. The highest BCUT2D eigenvalue weighted by Crippen LogP contribution is 2.35. The van der Waals surface area contributed by atoms with Crippen LogP contribution in [-0.4, -0.2) is 58.4 Å². The largest absolute Gasteiger partial charge is 0.417 e. The molecule has 2 aliphatic heterocycles. The fourth-order valence-corrected chi connectivity index (χ4v) is 4.77. The Labute approximate surface area is 177 Å². The molecule has 2 fully saturated rings. The smallest absolute Gasteiger partial charge is 0.350 e. The summed E-state index contributed by atoms with van der Waals surface area (Å²) in [6, 6.07) is 2.34. The predicted octanol–water partition coefficient (Wildman–Crippen LogP) is 2.64. The normalized spacial score (nSPS) is 19.4. The first kappa shape index (κ1) is 23.3. The first-order chi connectivity index (χ1) is 14.1. The molecule has 168 valence electrons. The number of amides is 1. The average molecular weight is 471 g/mol. The Kier molecular flexibility index (Phi) is 7.28. The van der Waals surface area contributed by atoms with E-state index in [2.05, 4.69) is 4.72 Å². The monoisotopic (exact) mass is 470 g/mol. The van der Waals surface area contributed by atoms with Gasteiger partial charge in [-0.3, -0.25) is 4.79 Å². The summed E-state index contributed by atoms with van der Waals surface area (Å²) in [6.07, 6.45) is -3.64. The van der Waals surface area contributed by atoms with E-state index in [4.69, 9.17) is 21.1 Å².